The van der Waals surface area contributed by atoms with Crippen LogP contribution in [0.15, 0.2) is 0 Å². The lowest BCUT2D eigenvalue weighted by Crippen LogP contribution is -2.28. The summed E-state index contributed by atoms with van der Waals surface area (Å²) in [6, 6.07) is 0. The summed E-state index contributed by atoms with van der Waals surface area (Å²) in [4.78, 5) is 22.0. The summed E-state index contributed by atoms with van der Waals surface area (Å²) in [5, 5.41) is 0. The van der Waals surface area contributed by atoms with Crippen molar-refractivity contribution in [1.82, 2.24) is 4.90 Å². The quantitative estimate of drug-likeness (QED) is 0.361. The van der Waals surface area contributed by atoms with E-state index in [4.69, 9.17) is 0 Å². The summed E-state index contributed by atoms with van der Waals surface area (Å²) in [5.74, 6) is -0.368. The Morgan fingerprint density at radius 2 is 1.89 bits per heavy atom. The van der Waals surface area contributed by atoms with Crippen LogP contribution in [0.4, 0.5) is 0 Å². The zero-order valence-electron chi connectivity index (χ0n) is 5.17. The monoisotopic (exact) mass is 127 g/mol. The largest absolute Gasteiger partial charge is 0.336 e. The molecule has 0 atom stereocenters. The van der Waals surface area contributed by atoms with Crippen LogP contribution in [0.5, 0.6) is 0 Å². The molecule has 0 aromatic carbocycles. The second kappa shape index (κ2) is 2.62. The molecule has 1 fully saturated rings. The summed E-state index contributed by atoms with van der Waals surface area (Å²) in [5.41, 5.74) is 0. The van der Waals surface area contributed by atoms with Crippen LogP contribution in [0.3, 0.4) is 0 Å². The number of amides is 1. The van der Waals surface area contributed by atoms with E-state index in [0.29, 0.717) is 6.29 Å². The third-order valence-electron chi connectivity index (χ3n) is 1.52. The van der Waals surface area contributed by atoms with E-state index in [1.165, 1.54) is 0 Å². The number of nitrogens with zero attached hydrogens (tertiary/aromatic N) is 1. The third-order valence-corrected chi connectivity index (χ3v) is 1.52. The van der Waals surface area contributed by atoms with Crippen molar-refractivity contribution in [2.45, 2.75) is 12.8 Å². The van der Waals surface area contributed by atoms with Gasteiger partial charge in [-0.25, -0.2) is 0 Å². The fourth-order valence-corrected chi connectivity index (χ4v) is 1.01. The molecular formula is C6H9NO2. The highest BCUT2D eigenvalue weighted by molar-refractivity contribution is 6.23. The van der Waals surface area contributed by atoms with Crippen molar-refractivity contribution in [2.24, 2.45) is 0 Å². The highest BCUT2D eigenvalue weighted by atomic mass is 16.2. The maximum Gasteiger partial charge on any atom is 0.286 e. The molecule has 1 heterocycles. The fraction of sp³-hybridized carbons (Fsp3) is 0.667. The average Bonchev–Trinajstić information content (AvgIpc) is 2.37. The number of rotatable bonds is 1. The minimum atomic E-state index is -0.368. The number of hydrogen-bond donors (Lipinski definition) is 0. The Kier molecular flexibility index (Phi) is 1.82. The van der Waals surface area contributed by atoms with Gasteiger partial charge in [0.2, 0.25) is 6.29 Å². The smallest absolute Gasteiger partial charge is 0.286 e. The molecular weight excluding hydrogens is 118 g/mol. The Morgan fingerprint density at radius 1 is 1.33 bits per heavy atom. The van der Waals surface area contributed by atoms with Crippen molar-refractivity contribution in [3.63, 3.8) is 0 Å². The lowest BCUT2D eigenvalue weighted by molar-refractivity contribution is -0.137. The van der Waals surface area contributed by atoms with Crippen LogP contribution in [-0.4, -0.2) is 30.2 Å². The molecule has 9 heavy (non-hydrogen) atoms. The maximum absolute atomic E-state index is 10.6. The Balaban J connectivity index is 2.41. The van der Waals surface area contributed by atoms with Crippen molar-refractivity contribution < 1.29 is 9.59 Å². The van der Waals surface area contributed by atoms with Crippen LogP contribution in [0, 0.1) is 0 Å². The van der Waals surface area contributed by atoms with Gasteiger partial charge < -0.3 is 4.90 Å². The van der Waals surface area contributed by atoms with Gasteiger partial charge in [-0.2, -0.15) is 0 Å². The molecule has 0 aliphatic carbocycles. The van der Waals surface area contributed by atoms with Gasteiger partial charge in [-0.05, 0) is 12.8 Å². The number of likely N-dealkylation sites (tertiary alicyclic amines) is 1. The van der Waals surface area contributed by atoms with Crippen molar-refractivity contribution in [2.75, 3.05) is 13.1 Å². The molecule has 0 aromatic heterocycles. The third kappa shape index (κ3) is 1.28. The minimum Gasteiger partial charge on any atom is -0.336 e. The Morgan fingerprint density at radius 3 is 2.33 bits per heavy atom. The fourth-order valence-electron chi connectivity index (χ4n) is 1.01. The molecule has 0 spiro atoms. The van der Waals surface area contributed by atoms with Crippen LogP contribution in [0.1, 0.15) is 12.8 Å². The van der Waals surface area contributed by atoms with E-state index in [1.807, 2.05) is 0 Å². The van der Waals surface area contributed by atoms with Crippen LogP contribution < -0.4 is 0 Å². The zero-order valence-corrected chi connectivity index (χ0v) is 5.17. The standard InChI is InChI=1S/C6H9NO2/c8-5-6(9)7-3-1-2-4-7/h5H,1-4H2. The first kappa shape index (κ1) is 6.26. The first-order valence-corrected chi connectivity index (χ1v) is 3.08. The Hall–Kier alpha value is -0.860. The van der Waals surface area contributed by atoms with Crippen LogP contribution >= 0.6 is 0 Å². The second-order valence-electron chi connectivity index (χ2n) is 2.15. The summed E-state index contributed by atoms with van der Waals surface area (Å²) >= 11 is 0. The lowest BCUT2D eigenvalue weighted by Gasteiger charge is -2.08. The number of carbonyl (C=O) groups excluding carboxylic acids is 2. The molecule has 0 bridgehead atoms. The second-order valence-corrected chi connectivity index (χ2v) is 2.15. The van der Waals surface area contributed by atoms with E-state index >= 15 is 0 Å². The van der Waals surface area contributed by atoms with Gasteiger partial charge in [0.25, 0.3) is 5.91 Å². The molecule has 1 aliphatic heterocycles. The molecule has 50 valence electrons. The van der Waals surface area contributed by atoms with Gasteiger partial charge in [0.15, 0.2) is 0 Å². The molecule has 0 aromatic rings. The van der Waals surface area contributed by atoms with Gasteiger partial charge in [0.1, 0.15) is 0 Å². The van der Waals surface area contributed by atoms with Crippen LogP contribution in [0.25, 0.3) is 0 Å². The molecule has 3 nitrogen and oxygen atoms in total. The summed E-state index contributed by atoms with van der Waals surface area (Å²) in [6.45, 7) is 1.52. The Bertz CT molecular complexity index is 127. The summed E-state index contributed by atoms with van der Waals surface area (Å²) in [7, 11) is 0. The molecule has 0 radical (unpaired) electrons. The number of carbonyl (C=O) groups is 2. The maximum atomic E-state index is 10.6. The van der Waals surface area contributed by atoms with Crippen LogP contribution in [0.2, 0.25) is 0 Å². The highest BCUT2D eigenvalue weighted by Gasteiger charge is 2.15. The average molecular weight is 127 g/mol. The summed E-state index contributed by atoms with van der Waals surface area (Å²) in [6.07, 6.45) is 2.46. The summed E-state index contributed by atoms with van der Waals surface area (Å²) < 4.78 is 0. The normalized spacial score (nSPS) is 18.0. The SMILES string of the molecule is O=CC(=O)N1CCCC1. The molecule has 1 amide bonds. The van der Waals surface area contributed by atoms with E-state index in [9.17, 15) is 9.59 Å². The van der Waals surface area contributed by atoms with Gasteiger partial charge in [-0.15, -0.1) is 0 Å². The zero-order chi connectivity index (χ0) is 6.69. The molecule has 1 saturated heterocycles. The van der Waals surface area contributed by atoms with Crippen molar-refractivity contribution in [3.8, 4) is 0 Å². The van der Waals surface area contributed by atoms with E-state index in [0.717, 1.165) is 25.9 Å². The van der Waals surface area contributed by atoms with E-state index < -0.39 is 0 Å². The van der Waals surface area contributed by atoms with E-state index in [2.05, 4.69) is 0 Å². The van der Waals surface area contributed by atoms with Crippen LogP contribution in [-0.2, 0) is 9.59 Å². The predicted molar refractivity (Wildman–Crippen MR) is 31.9 cm³/mol. The number of hydrogen-bond acceptors (Lipinski definition) is 2. The first-order valence-electron chi connectivity index (χ1n) is 3.08. The van der Waals surface area contributed by atoms with Gasteiger partial charge in [0, 0.05) is 13.1 Å². The van der Waals surface area contributed by atoms with Gasteiger partial charge in [-0.3, -0.25) is 9.59 Å². The molecule has 0 N–H and O–H groups in total. The molecule has 1 rings (SSSR count). The van der Waals surface area contributed by atoms with E-state index in [1.54, 1.807) is 4.90 Å². The van der Waals surface area contributed by atoms with Crippen molar-refractivity contribution in [3.05, 3.63) is 0 Å². The first-order chi connectivity index (χ1) is 4.34. The number of aldehydes is 1. The van der Waals surface area contributed by atoms with Crippen molar-refractivity contribution in [1.29, 1.82) is 0 Å². The van der Waals surface area contributed by atoms with E-state index in [-0.39, 0.29) is 5.91 Å². The highest BCUT2D eigenvalue weighted by Crippen LogP contribution is 2.05. The molecule has 0 saturated carbocycles. The predicted octanol–water partition coefficient (Wildman–Crippen LogP) is -0.192. The topological polar surface area (TPSA) is 37.4 Å². The molecule has 1 aliphatic rings. The minimum absolute atomic E-state index is 0.368. The molecule has 0 unspecified atom stereocenters. The lowest BCUT2D eigenvalue weighted by atomic mass is 10.4. The van der Waals surface area contributed by atoms with Gasteiger partial charge >= 0.3 is 0 Å². The van der Waals surface area contributed by atoms with Gasteiger partial charge in [-0.1, -0.05) is 0 Å². The van der Waals surface area contributed by atoms with Gasteiger partial charge in [0.05, 0.1) is 0 Å². The molecule has 3 heteroatoms. The van der Waals surface area contributed by atoms with Crippen molar-refractivity contribution >= 4 is 12.2 Å². The Labute approximate surface area is 53.6 Å².